The minimum absolute atomic E-state index is 0.320. The van der Waals surface area contributed by atoms with Gasteiger partial charge in [-0.1, -0.05) is 46.4 Å². The molecule has 0 saturated heterocycles. The van der Waals surface area contributed by atoms with E-state index in [-0.39, 0.29) is 6.54 Å². The SMILES string of the molecule is O=C(O)Cn1nc(C(Cl)Cl)cc1C(Cl)Cl. The summed E-state index contributed by atoms with van der Waals surface area (Å²) in [7, 11) is 0. The van der Waals surface area contributed by atoms with E-state index in [0.29, 0.717) is 11.4 Å². The lowest BCUT2D eigenvalue weighted by Gasteiger charge is -2.03. The molecule has 1 aromatic rings. The summed E-state index contributed by atoms with van der Waals surface area (Å²) in [6, 6.07) is 1.47. The molecule has 0 aliphatic heterocycles. The van der Waals surface area contributed by atoms with Crippen LogP contribution in [0.15, 0.2) is 6.07 Å². The second kappa shape index (κ2) is 5.25. The lowest BCUT2D eigenvalue weighted by molar-refractivity contribution is -0.137. The van der Waals surface area contributed by atoms with E-state index in [1.807, 2.05) is 0 Å². The Morgan fingerprint density at radius 1 is 1.40 bits per heavy atom. The molecule has 0 radical (unpaired) electrons. The Kier molecular flexibility index (Phi) is 4.52. The zero-order valence-electron chi connectivity index (χ0n) is 7.20. The van der Waals surface area contributed by atoms with Gasteiger partial charge in [0.1, 0.15) is 11.4 Å². The van der Waals surface area contributed by atoms with Crippen molar-refractivity contribution in [2.45, 2.75) is 16.2 Å². The molecule has 15 heavy (non-hydrogen) atoms. The molecule has 0 atom stereocenters. The van der Waals surface area contributed by atoms with Gasteiger partial charge in [-0.3, -0.25) is 9.48 Å². The van der Waals surface area contributed by atoms with Crippen LogP contribution in [-0.2, 0) is 11.3 Å². The lowest BCUT2D eigenvalue weighted by Crippen LogP contribution is -2.13. The van der Waals surface area contributed by atoms with E-state index in [2.05, 4.69) is 5.10 Å². The number of nitrogens with zero attached hydrogens (tertiary/aromatic N) is 2. The number of hydrogen-bond donors (Lipinski definition) is 1. The molecule has 1 N–H and O–H groups in total. The summed E-state index contributed by atoms with van der Waals surface area (Å²) >= 11 is 22.4. The van der Waals surface area contributed by atoms with Gasteiger partial charge in [-0.25, -0.2) is 0 Å². The normalized spacial score (nSPS) is 11.3. The van der Waals surface area contributed by atoms with Crippen LogP contribution in [0.4, 0.5) is 0 Å². The van der Waals surface area contributed by atoms with Gasteiger partial charge in [0, 0.05) is 0 Å². The van der Waals surface area contributed by atoms with Gasteiger partial charge in [0.05, 0.1) is 11.4 Å². The van der Waals surface area contributed by atoms with Crippen molar-refractivity contribution < 1.29 is 9.90 Å². The second-order valence-corrected chi connectivity index (χ2v) is 4.84. The van der Waals surface area contributed by atoms with Crippen molar-refractivity contribution in [3.8, 4) is 0 Å². The van der Waals surface area contributed by atoms with Crippen LogP contribution in [0.2, 0.25) is 0 Å². The van der Waals surface area contributed by atoms with Gasteiger partial charge >= 0.3 is 5.97 Å². The van der Waals surface area contributed by atoms with Gasteiger partial charge < -0.3 is 5.11 Å². The summed E-state index contributed by atoms with van der Waals surface area (Å²) in [4.78, 5) is 8.79. The molecule has 0 bridgehead atoms. The Morgan fingerprint density at radius 3 is 2.40 bits per heavy atom. The molecule has 0 unspecified atom stereocenters. The molecule has 0 amide bonds. The monoisotopic (exact) mass is 290 g/mol. The van der Waals surface area contributed by atoms with Crippen molar-refractivity contribution in [1.29, 1.82) is 0 Å². The van der Waals surface area contributed by atoms with E-state index in [4.69, 9.17) is 51.5 Å². The summed E-state index contributed by atoms with van der Waals surface area (Å²) in [5.41, 5.74) is 0.669. The van der Waals surface area contributed by atoms with Gasteiger partial charge in [0.15, 0.2) is 4.84 Å². The number of aliphatic carboxylic acids is 1. The maximum absolute atomic E-state index is 10.5. The quantitative estimate of drug-likeness (QED) is 0.868. The highest BCUT2D eigenvalue weighted by atomic mass is 35.5. The number of halogens is 4. The van der Waals surface area contributed by atoms with Crippen LogP contribution in [0.5, 0.6) is 0 Å². The van der Waals surface area contributed by atoms with Crippen molar-refractivity contribution in [3.63, 3.8) is 0 Å². The van der Waals surface area contributed by atoms with Crippen LogP contribution < -0.4 is 0 Å². The summed E-state index contributed by atoms with van der Waals surface area (Å²) in [6.07, 6.45) is 0. The Morgan fingerprint density at radius 2 is 2.00 bits per heavy atom. The molecule has 0 saturated carbocycles. The molecule has 1 rings (SSSR count). The third-order valence-electron chi connectivity index (χ3n) is 1.56. The zero-order valence-corrected chi connectivity index (χ0v) is 10.2. The van der Waals surface area contributed by atoms with Crippen molar-refractivity contribution in [2.24, 2.45) is 0 Å². The average molecular weight is 292 g/mol. The lowest BCUT2D eigenvalue weighted by atomic mass is 10.4. The summed E-state index contributed by atoms with van der Waals surface area (Å²) in [5, 5.41) is 12.5. The number of carbonyl (C=O) groups is 1. The first kappa shape index (κ1) is 12.9. The summed E-state index contributed by atoms with van der Waals surface area (Å²) in [6.45, 7) is -0.341. The number of rotatable bonds is 4. The molecular weight excluding hydrogens is 286 g/mol. The Bertz CT molecular complexity index is 364. The highest BCUT2D eigenvalue weighted by Crippen LogP contribution is 2.30. The summed E-state index contributed by atoms with van der Waals surface area (Å²) < 4.78 is 1.15. The van der Waals surface area contributed by atoms with Crippen molar-refractivity contribution >= 4 is 52.4 Å². The van der Waals surface area contributed by atoms with Gasteiger partial charge in [-0.2, -0.15) is 5.10 Å². The first-order valence-corrected chi connectivity index (χ1v) is 5.52. The standard InChI is InChI=1S/C7H6Cl4N2O2/c8-6(9)3-1-4(7(10)11)13(12-3)2-5(14)15/h1,6-7H,2H2,(H,14,15). The maximum Gasteiger partial charge on any atom is 0.325 e. The predicted molar refractivity (Wildman–Crippen MR) is 58.8 cm³/mol. The van der Waals surface area contributed by atoms with Gasteiger partial charge in [0.2, 0.25) is 0 Å². The Hall–Kier alpha value is -0.160. The van der Waals surface area contributed by atoms with E-state index in [1.165, 1.54) is 6.07 Å². The molecule has 8 heteroatoms. The van der Waals surface area contributed by atoms with Crippen molar-refractivity contribution in [1.82, 2.24) is 9.78 Å². The molecule has 0 aliphatic rings. The van der Waals surface area contributed by atoms with Crippen LogP contribution in [0.3, 0.4) is 0 Å². The Labute approximate surface area is 106 Å². The topological polar surface area (TPSA) is 55.1 Å². The first-order chi connectivity index (χ1) is 6.91. The number of carboxylic acid groups (broad SMARTS) is 1. The van der Waals surface area contributed by atoms with Gasteiger partial charge in [-0.05, 0) is 6.07 Å². The number of alkyl halides is 4. The van der Waals surface area contributed by atoms with Crippen LogP contribution in [0, 0.1) is 0 Å². The third kappa shape index (κ3) is 3.41. The molecule has 0 spiro atoms. The third-order valence-corrected chi connectivity index (χ3v) is 2.46. The number of carboxylic acids is 1. The first-order valence-electron chi connectivity index (χ1n) is 3.77. The molecule has 1 aromatic heterocycles. The van der Waals surface area contributed by atoms with Crippen molar-refractivity contribution in [3.05, 3.63) is 17.5 Å². The molecular formula is C7H6Cl4N2O2. The highest BCUT2D eigenvalue weighted by Gasteiger charge is 2.18. The molecule has 1 heterocycles. The minimum Gasteiger partial charge on any atom is -0.480 e. The molecule has 4 nitrogen and oxygen atoms in total. The average Bonchev–Trinajstić information content (AvgIpc) is 2.46. The highest BCUT2D eigenvalue weighted by molar-refractivity contribution is 6.44. The van der Waals surface area contributed by atoms with Crippen LogP contribution in [0.1, 0.15) is 21.1 Å². The van der Waals surface area contributed by atoms with E-state index in [1.54, 1.807) is 0 Å². The smallest absolute Gasteiger partial charge is 0.325 e. The fourth-order valence-electron chi connectivity index (χ4n) is 0.989. The minimum atomic E-state index is -1.06. The van der Waals surface area contributed by atoms with E-state index >= 15 is 0 Å². The van der Waals surface area contributed by atoms with Crippen molar-refractivity contribution in [2.75, 3.05) is 0 Å². The molecule has 84 valence electrons. The fourth-order valence-corrected chi connectivity index (χ4v) is 1.55. The van der Waals surface area contributed by atoms with E-state index < -0.39 is 15.6 Å². The molecule has 0 fully saturated rings. The number of aromatic nitrogens is 2. The van der Waals surface area contributed by atoms with Crippen LogP contribution in [0.25, 0.3) is 0 Å². The molecule has 0 aliphatic carbocycles. The van der Waals surface area contributed by atoms with Gasteiger partial charge in [0.25, 0.3) is 0 Å². The van der Waals surface area contributed by atoms with E-state index in [0.717, 1.165) is 4.68 Å². The molecule has 0 aromatic carbocycles. The largest absolute Gasteiger partial charge is 0.480 e. The predicted octanol–water partition coefficient (Wildman–Crippen LogP) is 2.92. The van der Waals surface area contributed by atoms with E-state index in [9.17, 15) is 4.79 Å². The van der Waals surface area contributed by atoms with Crippen LogP contribution >= 0.6 is 46.4 Å². The maximum atomic E-state index is 10.5. The number of hydrogen-bond acceptors (Lipinski definition) is 2. The van der Waals surface area contributed by atoms with Crippen LogP contribution in [-0.4, -0.2) is 20.9 Å². The second-order valence-electron chi connectivity index (χ2n) is 2.65. The van der Waals surface area contributed by atoms with Gasteiger partial charge in [-0.15, -0.1) is 0 Å². The fraction of sp³-hybridized carbons (Fsp3) is 0.429. The Balaban J connectivity index is 3.05. The zero-order chi connectivity index (χ0) is 11.6. The summed E-state index contributed by atoms with van der Waals surface area (Å²) in [5.74, 6) is -1.06.